The monoisotopic (exact) mass is 772 g/mol. The van der Waals surface area contributed by atoms with E-state index in [1.165, 1.54) is 161 Å². The number of hydrogen-bond donors (Lipinski definition) is 6. The van der Waals surface area contributed by atoms with E-state index < -0.39 is 49.5 Å². The van der Waals surface area contributed by atoms with E-state index in [1.54, 1.807) is 0 Å². The highest BCUT2D eigenvalue weighted by molar-refractivity contribution is 5.76. The minimum atomic E-state index is -1.55. The maximum absolute atomic E-state index is 12.8. The molecule has 0 radical (unpaired) electrons. The zero-order chi connectivity index (χ0) is 39.5. The van der Waals surface area contributed by atoms with E-state index in [-0.39, 0.29) is 12.5 Å². The Morgan fingerprint density at radius 1 is 0.556 bits per heavy atom. The third kappa shape index (κ3) is 26.9. The van der Waals surface area contributed by atoms with Crippen LogP contribution in [-0.2, 0) is 14.3 Å². The SMILES string of the molecule is CCCCCCCCCCCCCCCCCCCCCCCCCCC(O)C(COC1OC(CO)C(O)C(O)C1O)NC(=O)CCCCCCCCC. The van der Waals surface area contributed by atoms with Crippen LogP contribution in [0.15, 0.2) is 0 Å². The average Bonchev–Trinajstić information content (AvgIpc) is 3.17. The van der Waals surface area contributed by atoms with Crippen molar-refractivity contribution in [2.45, 2.75) is 269 Å². The highest BCUT2D eigenvalue weighted by Gasteiger charge is 2.44. The molecule has 1 rings (SSSR count). The van der Waals surface area contributed by atoms with E-state index in [1.807, 2.05) is 0 Å². The molecule has 7 atom stereocenters. The van der Waals surface area contributed by atoms with Crippen molar-refractivity contribution < 1.29 is 39.8 Å². The molecule has 0 aromatic heterocycles. The lowest BCUT2D eigenvalue weighted by molar-refractivity contribution is -0.302. The largest absolute Gasteiger partial charge is 0.394 e. The predicted octanol–water partition coefficient (Wildman–Crippen LogP) is 9.56. The molecule has 9 nitrogen and oxygen atoms in total. The minimum absolute atomic E-state index is 0.133. The first-order valence-corrected chi connectivity index (χ1v) is 23.2. The average molecular weight is 772 g/mol. The molecule has 0 aliphatic carbocycles. The standard InChI is InChI=1S/C45H89NO8/c1-3-5-7-9-11-12-13-14-15-16-17-18-19-20-21-22-23-24-25-26-27-29-30-32-34-39(48)38(46-41(49)35-33-31-28-10-8-6-4-2)37-53-45-44(52)43(51)42(50)40(36-47)54-45/h38-40,42-45,47-48,50-52H,3-37H2,1-2H3,(H,46,49). The van der Waals surface area contributed by atoms with Crippen molar-refractivity contribution in [2.75, 3.05) is 13.2 Å². The highest BCUT2D eigenvalue weighted by atomic mass is 16.7. The first-order chi connectivity index (χ1) is 26.3. The number of carbonyl (C=O) groups is 1. The molecule has 0 saturated carbocycles. The van der Waals surface area contributed by atoms with Crippen LogP contribution >= 0.6 is 0 Å². The molecule has 1 amide bonds. The summed E-state index contributed by atoms with van der Waals surface area (Å²) in [6.45, 7) is 3.80. The van der Waals surface area contributed by atoms with Crippen LogP contribution in [0.25, 0.3) is 0 Å². The zero-order valence-corrected chi connectivity index (χ0v) is 35.3. The summed E-state index contributed by atoms with van der Waals surface area (Å²) in [5.41, 5.74) is 0. The Labute approximate surface area is 332 Å². The Morgan fingerprint density at radius 2 is 0.926 bits per heavy atom. The van der Waals surface area contributed by atoms with Crippen molar-refractivity contribution in [3.05, 3.63) is 0 Å². The van der Waals surface area contributed by atoms with Gasteiger partial charge in [0.2, 0.25) is 5.91 Å². The van der Waals surface area contributed by atoms with Gasteiger partial charge in [-0.25, -0.2) is 0 Å². The normalized spacial score (nSPS) is 21.4. The number of hydrogen-bond acceptors (Lipinski definition) is 8. The van der Waals surface area contributed by atoms with Gasteiger partial charge in [0, 0.05) is 6.42 Å². The lowest BCUT2D eigenvalue weighted by Gasteiger charge is -2.40. The lowest BCUT2D eigenvalue weighted by atomic mass is 9.99. The van der Waals surface area contributed by atoms with Gasteiger partial charge in [-0.1, -0.05) is 206 Å². The fraction of sp³-hybridized carbons (Fsp3) is 0.978. The number of rotatable bonds is 39. The quantitative estimate of drug-likeness (QED) is 0.0339. The molecule has 1 saturated heterocycles. The second-order valence-electron chi connectivity index (χ2n) is 16.6. The molecule has 0 bridgehead atoms. The summed E-state index contributed by atoms with van der Waals surface area (Å²) < 4.78 is 11.2. The predicted molar refractivity (Wildman–Crippen MR) is 221 cm³/mol. The minimum Gasteiger partial charge on any atom is -0.394 e. The van der Waals surface area contributed by atoms with Gasteiger partial charge in [-0.05, 0) is 12.8 Å². The van der Waals surface area contributed by atoms with Crippen molar-refractivity contribution in [3.63, 3.8) is 0 Å². The number of ether oxygens (including phenoxy) is 2. The summed E-state index contributed by atoms with van der Waals surface area (Å²) in [6, 6.07) is -0.709. The summed E-state index contributed by atoms with van der Waals surface area (Å²) in [5, 5.41) is 54.1. The Hall–Kier alpha value is -0.810. The van der Waals surface area contributed by atoms with Gasteiger partial charge < -0.3 is 40.3 Å². The Balaban J connectivity index is 2.17. The molecule has 1 aliphatic heterocycles. The second-order valence-corrected chi connectivity index (χ2v) is 16.6. The van der Waals surface area contributed by atoms with Crippen LogP contribution in [0, 0.1) is 0 Å². The van der Waals surface area contributed by atoms with Crippen LogP contribution in [0.1, 0.15) is 226 Å². The third-order valence-corrected chi connectivity index (χ3v) is 11.5. The van der Waals surface area contributed by atoms with Crippen LogP contribution in [-0.4, -0.2) is 87.5 Å². The number of amides is 1. The Morgan fingerprint density at radius 3 is 1.31 bits per heavy atom. The van der Waals surface area contributed by atoms with Gasteiger partial charge >= 0.3 is 0 Å². The van der Waals surface area contributed by atoms with Crippen molar-refractivity contribution >= 4 is 5.91 Å². The molecule has 1 heterocycles. The molecule has 1 fully saturated rings. The van der Waals surface area contributed by atoms with E-state index >= 15 is 0 Å². The van der Waals surface area contributed by atoms with Gasteiger partial charge in [-0.2, -0.15) is 0 Å². The lowest BCUT2D eigenvalue weighted by Crippen LogP contribution is -2.60. The molecule has 322 valence electrons. The molecule has 54 heavy (non-hydrogen) atoms. The highest BCUT2D eigenvalue weighted by Crippen LogP contribution is 2.23. The molecule has 7 unspecified atom stereocenters. The Bertz CT molecular complexity index is 817. The van der Waals surface area contributed by atoms with E-state index in [9.17, 15) is 30.3 Å². The number of aliphatic hydroxyl groups is 5. The van der Waals surface area contributed by atoms with Crippen LogP contribution in [0.2, 0.25) is 0 Å². The van der Waals surface area contributed by atoms with Crippen LogP contribution < -0.4 is 5.32 Å². The van der Waals surface area contributed by atoms with Gasteiger partial charge in [-0.3, -0.25) is 4.79 Å². The molecular formula is C45H89NO8. The van der Waals surface area contributed by atoms with Crippen molar-refractivity contribution in [1.82, 2.24) is 5.32 Å². The van der Waals surface area contributed by atoms with Crippen molar-refractivity contribution in [3.8, 4) is 0 Å². The number of nitrogens with one attached hydrogen (secondary N) is 1. The van der Waals surface area contributed by atoms with E-state index in [0.717, 1.165) is 38.5 Å². The van der Waals surface area contributed by atoms with E-state index in [0.29, 0.717) is 12.8 Å². The molecule has 0 aromatic carbocycles. The maximum atomic E-state index is 12.8. The topological polar surface area (TPSA) is 149 Å². The van der Waals surface area contributed by atoms with Crippen molar-refractivity contribution in [2.24, 2.45) is 0 Å². The molecule has 0 spiro atoms. The summed E-state index contributed by atoms with van der Waals surface area (Å²) in [6.07, 6.45) is 32.9. The van der Waals surface area contributed by atoms with Gasteiger partial charge in [-0.15, -0.1) is 0 Å². The van der Waals surface area contributed by atoms with E-state index in [2.05, 4.69) is 19.2 Å². The van der Waals surface area contributed by atoms with Crippen LogP contribution in [0.3, 0.4) is 0 Å². The maximum Gasteiger partial charge on any atom is 0.220 e. The number of unbranched alkanes of at least 4 members (excludes halogenated alkanes) is 29. The summed E-state index contributed by atoms with van der Waals surface area (Å²) in [7, 11) is 0. The fourth-order valence-electron chi connectivity index (χ4n) is 7.69. The van der Waals surface area contributed by atoms with Gasteiger partial charge in [0.1, 0.15) is 24.4 Å². The third-order valence-electron chi connectivity index (χ3n) is 11.5. The van der Waals surface area contributed by atoms with Gasteiger partial charge in [0.25, 0.3) is 0 Å². The second kappa shape index (κ2) is 36.5. The molecule has 6 N–H and O–H groups in total. The van der Waals surface area contributed by atoms with Gasteiger partial charge in [0.05, 0.1) is 25.4 Å². The Kier molecular flexibility index (Phi) is 34.6. The van der Waals surface area contributed by atoms with Crippen LogP contribution in [0.4, 0.5) is 0 Å². The number of carbonyl (C=O) groups excluding carboxylic acids is 1. The van der Waals surface area contributed by atoms with E-state index in [4.69, 9.17) is 9.47 Å². The molecular weight excluding hydrogens is 682 g/mol. The first kappa shape index (κ1) is 51.2. The summed E-state index contributed by atoms with van der Waals surface area (Å²) >= 11 is 0. The molecule has 9 heteroatoms. The van der Waals surface area contributed by atoms with Gasteiger partial charge in [0.15, 0.2) is 6.29 Å². The summed E-state index contributed by atoms with van der Waals surface area (Å²) in [4.78, 5) is 12.8. The molecule has 1 aliphatic rings. The fourth-order valence-corrected chi connectivity index (χ4v) is 7.69. The first-order valence-electron chi connectivity index (χ1n) is 23.2. The van der Waals surface area contributed by atoms with Crippen molar-refractivity contribution in [1.29, 1.82) is 0 Å². The number of aliphatic hydroxyl groups excluding tert-OH is 5. The van der Waals surface area contributed by atoms with Crippen LogP contribution in [0.5, 0.6) is 0 Å². The zero-order valence-electron chi connectivity index (χ0n) is 35.3. The molecule has 0 aromatic rings. The smallest absolute Gasteiger partial charge is 0.220 e. The summed E-state index contributed by atoms with van der Waals surface area (Å²) in [5.74, 6) is -0.149.